The lowest BCUT2D eigenvalue weighted by Gasteiger charge is -2.48. The Morgan fingerprint density at radius 2 is 1.30 bits per heavy atom. The second kappa shape index (κ2) is 9.90. The topological polar surface area (TPSA) is 20.2 Å². The molecule has 0 aromatic rings. The van der Waals surface area contributed by atoms with Crippen LogP contribution in [-0.2, 0) is 0 Å². The van der Waals surface area contributed by atoms with Crippen LogP contribution in [0.1, 0.15) is 97.3 Å². The molecule has 1 N–H and O–H groups in total. The van der Waals surface area contributed by atoms with Gasteiger partial charge >= 0.3 is 6.18 Å². The lowest BCUT2D eigenvalue weighted by molar-refractivity contribution is -0.303. The maximum absolute atomic E-state index is 12.8. The van der Waals surface area contributed by atoms with Crippen LogP contribution in [0.15, 0.2) is 0 Å². The van der Waals surface area contributed by atoms with Gasteiger partial charge in [-0.2, -0.15) is 13.2 Å². The van der Waals surface area contributed by atoms with Crippen LogP contribution in [0.5, 0.6) is 0 Å². The Kier molecular flexibility index (Phi) is 8.95. The zero-order valence-electron chi connectivity index (χ0n) is 14.9. The fraction of sp³-hybridized carbons (Fsp3) is 1.00. The zero-order valence-corrected chi connectivity index (χ0v) is 14.9. The minimum Gasteiger partial charge on any atom is -0.380 e. The van der Waals surface area contributed by atoms with Gasteiger partial charge in [-0.3, -0.25) is 0 Å². The highest BCUT2D eigenvalue weighted by Crippen LogP contribution is 2.52. The Labute approximate surface area is 140 Å². The van der Waals surface area contributed by atoms with E-state index in [0.717, 1.165) is 25.7 Å². The van der Waals surface area contributed by atoms with Crippen molar-refractivity contribution in [1.29, 1.82) is 0 Å². The summed E-state index contributed by atoms with van der Waals surface area (Å²) in [5, 5.41) is 9.69. The Bertz CT molecular complexity index is 308. The quantitative estimate of drug-likeness (QED) is 0.396. The highest BCUT2D eigenvalue weighted by molar-refractivity contribution is 5.01. The third kappa shape index (κ3) is 6.64. The van der Waals surface area contributed by atoms with Crippen molar-refractivity contribution in [2.45, 2.75) is 109 Å². The average Bonchev–Trinajstić information content (AvgIpc) is 2.45. The van der Waals surface area contributed by atoms with E-state index in [4.69, 9.17) is 0 Å². The fourth-order valence-electron chi connectivity index (χ4n) is 3.83. The summed E-state index contributed by atoms with van der Waals surface area (Å²) >= 11 is 0. The van der Waals surface area contributed by atoms with E-state index < -0.39 is 11.8 Å². The minimum atomic E-state index is -4.46. The third-order valence-electron chi connectivity index (χ3n) is 5.50. The van der Waals surface area contributed by atoms with E-state index in [0.29, 0.717) is 5.92 Å². The van der Waals surface area contributed by atoms with Crippen LogP contribution in [0.2, 0.25) is 0 Å². The molecular formula is C19H35F3O. The molecule has 0 spiro atoms. The molecule has 0 radical (unpaired) electrons. The lowest BCUT2D eigenvalue weighted by Crippen LogP contribution is -2.56. The molecule has 0 aromatic heterocycles. The first-order valence-corrected chi connectivity index (χ1v) is 9.63. The van der Waals surface area contributed by atoms with Crippen molar-refractivity contribution in [1.82, 2.24) is 0 Å². The van der Waals surface area contributed by atoms with E-state index in [1.54, 1.807) is 0 Å². The van der Waals surface area contributed by atoms with Crippen molar-refractivity contribution in [3.8, 4) is 0 Å². The number of unbranched alkanes of at least 4 members (excludes halogenated alkanes) is 7. The van der Waals surface area contributed by atoms with Crippen LogP contribution < -0.4 is 0 Å². The predicted octanol–water partition coefficient (Wildman–Crippen LogP) is 6.64. The summed E-state index contributed by atoms with van der Waals surface area (Å²) < 4.78 is 38.4. The predicted molar refractivity (Wildman–Crippen MR) is 89.4 cm³/mol. The molecule has 1 unspecified atom stereocenters. The van der Waals surface area contributed by atoms with Crippen molar-refractivity contribution in [2.24, 2.45) is 11.8 Å². The van der Waals surface area contributed by atoms with E-state index in [-0.39, 0.29) is 18.8 Å². The van der Waals surface area contributed by atoms with Gasteiger partial charge in [-0.15, -0.1) is 0 Å². The second-order valence-electron chi connectivity index (χ2n) is 7.51. The summed E-state index contributed by atoms with van der Waals surface area (Å²) in [5.41, 5.74) is -2.40. The summed E-state index contributed by atoms with van der Waals surface area (Å²) in [6.07, 6.45) is 8.14. The molecule has 4 heteroatoms. The summed E-state index contributed by atoms with van der Waals surface area (Å²) in [6.45, 7) is 4.35. The molecule has 0 saturated heterocycles. The van der Waals surface area contributed by atoms with Crippen molar-refractivity contribution in [2.75, 3.05) is 0 Å². The highest BCUT2D eigenvalue weighted by atomic mass is 19.4. The summed E-state index contributed by atoms with van der Waals surface area (Å²) in [6, 6.07) is 0. The fourth-order valence-corrected chi connectivity index (χ4v) is 3.83. The minimum absolute atomic E-state index is 0.0643. The van der Waals surface area contributed by atoms with Gasteiger partial charge in [-0.1, -0.05) is 84.5 Å². The SMILES string of the molecule is CCCCCCCC(CCCCCC)C1CC(O)(C(F)(F)F)C1. The molecule has 1 nitrogen and oxygen atoms in total. The van der Waals surface area contributed by atoms with Crippen LogP contribution in [0.25, 0.3) is 0 Å². The number of alkyl halides is 3. The van der Waals surface area contributed by atoms with Crippen LogP contribution >= 0.6 is 0 Å². The second-order valence-corrected chi connectivity index (χ2v) is 7.51. The third-order valence-corrected chi connectivity index (χ3v) is 5.50. The van der Waals surface area contributed by atoms with Crippen molar-refractivity contribution >= 4 is 0 Å². The van der Waals surface area contributed by atoms with Gasteiger partial charge in [0.15, 0.2) is 5.60 Å². The van der Waals surface area contributed by atoms with Gasteiger partial charge in [0.1, 0.15) is 0 Å². The van der Waals surface area contributed by atoms with Crippen molar-refractivity contribution in [3.63, 3.8) is 0 Å². The Balaban J connectivity index is 2.39. The van der Waals surface area contributed by atoms with E-state index in [9.17, 15) is 18.3 Å². The molecule has 1 rings (SSSR count). The molecule has 138 valence electrons. The van der Waals surface area contributed by atoms with Crippen LogP contribution in [0.3, 0.4) is 0 Å². The summed E-state index contributed by atoms with van der Waals surface area (Å²) in [7, 11) is 0. The molecule has 1 fully saturated rings. The van der Waals surface area contributed by atoms with Gasteiger partial charge in [0, 0.05) is 0 Å². The monoisotopic (exact) mass is 336 g/mol. The first kappa shape index (κ1) is 20.8. The van der Waals surface area contributed by atoms with E-state index in [1.165, 1.54) is 44.9 Å². The molecule has 0 aliphatic heterocycles. The van der Waals surface area contributed by atoms with Crippen molar-refractivity contribution in [3.05, 3.63) is 0 Å². The molecule has 0 aromatic carbocycles. The summed E-state index contributed by atoms with van der Waals surface area (Å²) in [5.74, 6) is 0.436. The average molecular weight is 336 g/mol. The molecule has 1 aliphatic carbocycles. The van der Waals surface area contributed by atoms with E-state index >= 15 is 0 Å². The molecule has 0 bridgehead atoms. The largest absolute Gasteiger partial charge is 0.417 e. The number of hydrogen-bond donors (Lipinski definition) is 1. The number of hydrogen-bond acceptors (Lipinski definition) is 1. The molecular weight excluding hydrogens is 301 g/mol. The van der Waals surface area contributed by atoms with Gasteiger partial charge in [0.05, 0.1) is 0 Å². The standard InChI is InChI=1S/C19H35F3O/c1-3-5-7-9-11-13-16(12-10-8-6-4-2)17-14-18(23,15-17)19(20,21)22/h16-17,23H,3-15H2,1-2H3. The number of rotatable bonds is 12. The Hall–Kier alpha value is -0.250. The van der Waals surface area contributed by atoms with Gasteiger partial charge in [0.25, 0.3) is 0 Å². The van der Waals surface area contributed by atoms with E-state index in [1.807, 2.05) is 0 Å². The Morgan fingerprint density at radius 3 is 1.74 bits per heavy atom. The molecule has 23 heavy (non-hydrogen) atoms. The maximum atomic E-state index is 12.8. The first-order chi connectivity index (χ1) is 10.8. The van der Waals surface area contributed by atoms with Crippen molar-refractivity contribution < 1.29 is 18.3 Å². The Morgan fingerprint density at radius 1 is 0.870 bits per heavy atom. The molecule has 1 saturated carbocycles. The highest BCUT2D eigenvalue weighted by Gasteiger charge is 2.61. The van der Waals surface area contributed by atoms with Crippen LogP contribution in [0.4, 0.5) is 13.2 Å². The smallest absolute Gasteiger partial charge is 0.380 e. The lowest BCUT2D eigenvalue weighted by atomic mass is 9.63. The van der Waals surface area contributed by atoms with Crippen LogP contribution in [0, 0.1) is 11.8 Å². The number of aliphatic hydroxyl groups is 1. The molecule has 1 aliphatic rings. The number of halogens is 3. The maximum Gasteiger partial charge on any atom is 0.417 e. The molecule has 0 amide bonds. The van der Waals surface area contributed by atoms with Gasteiger partial charge in [0.2, 0.25) is 0 Å². The van der Waals surface area contributed by atoms with Gasteiger partial charge in [-0.05, 0) is 24.7 Å². The van der Waals surface area contributed by atoms with Gasteiger partial charge in [-0.25, -0.2) is 0 Å². The summed E-state index contributed by atoms with van der Waals surface area (Å²) in [4.78, 5) is 0. The zero-order chi connectivity index (χ0) is 17.3. The molecule has 1 atom stereocenters. The normalized spacial score (nSPS) is 26.1. The van der Waals surface area contributed by atoms with Crippen LogP contribution in [-0.4, -0.2) is 16.9 Å². The van der Waals surface area contributed by atoms with Gasteiger partial charge < -0.3 is 5.11 Å². The molecule has 0 heterocycles. The first-order valence-electron chi connectivity index (χ1n) is 9.63. The van der Waals surface area contributed by atoms with E-state index in [2.05, 4.69) is 13.8 Å².